The minimum atomic E-state index is 0.684. The van der Waals surface area contributed by atoms with Gasteiger partial charge in [0.25, 0.3) is 0 Å². The topological polar surface area (TPSA) is 50.9 Å². The second-order valence-electron chi connectivity index (χ2n) is 2.86. The molecule has 0 unspecified atom stereocenters. The molecule has 0 spiro atoms. The van der Waals surface area contributed by atoms with Crippen LogP contribution in [0.25, 0.3) is 0 Å². The van der Waals surface area contributed by atoms with Crippen molar-refractivity contribution in [2.45, 2.75) is 6.42 Å². The summed E-state index contributed by atoms with van der Waals surface area (Å²) in [5, 5.41) is 3.20. The Hall–Kier alpha value is -0.420. The van der Waals surface area contributed by atoms with E-state index in [9.17, 15) is 0 Å². The van der Waals surface area contributed by atoms with E-state index < -0.39 is 0 Å². The lowest BCUT2D eigenvalue weighted by Gasteiger charge is -2.07. The number of nitrogens with two attached hydrogens (primary N) is 1. The summed E-state index contributed by atoms with van der Waals surface area (Å²) in [4.78, 5) is 4.19. The van der Waals surface area contributed by atoms with Gasteiger partial charge < -0.3 is 11.1 Å². The number of thioether (sulfide) groups is 1. The van der Waals surface area contributed by atoms with Crippen LogP contribution >= 0.6 is 27.7 Å². The molecule has 3 nitrogen and oxygen atoms in total. The first-order valence-electron chi connectivity index (χ1n) is 4.38. The number of nitrogens with zero attached hydrogens (tertiary/aromatic N) is 1. The van der Waals surface area contributed by atoms with Gasteiger partial charge in [-0.05, 0) is 40.4 Å². The van der Waals surface area contributed by atoms with Gasteiger partial charge in [0.05, 0.1) is 5.69 Å². The quantitative estimate of drug-likeness (QED) is 0.812. The first-order chi connectivity index (χ1) is 6.74. The first-order valence-corrected chi connectivity index (χ1v) is 6.56. The molecule has 5 heteroatoms. The molecule has 0 aliphatic rings. The fourth-order valence-corrected chi connectivity index (χ4v) is 1.81. The van der Waals surface area contributed by atoms with Crippen LogP contribution in [0.4, 0.5) is 11.5 Å². The predicted molar refractivity (Wildman–Crippen MR) is 67.8 cm³/mol. The molecule has 0 aliphatic carbocycles. The Bertz CT molecular complexity index is 293. The van der Waals surface area contributed by atoms with Gasteiger partial charge in [0, 0.05) is 17.2 Å². The van der Waals surface area contributed by atoms with E-state index in [4.69, 9.17) is 5.73 Å². The number of rotatable bonds is 5. The molecule has 0 aliphatic heterocycles. The average Bonchev–Trinajstić information content (AvgIpc) is 2.15. The molecule has 1 aromatic rings. The number of hydrogen-bond donors (Lipinski definition) is 2. The zero-order valence-corrected chi connectivity index (χ0v) is 10.5. The Morgan fingerprint density at radius 3 is 3.07 bits per heavy atom. The SMILES string of the molecule is CSCCCNc1ncc(Br)cc1N. The molecule has 1 rings (SSSR count). The molecular formula is C9H14BrN3S. The van der Waals surface area contributed by atoms with Gasteiger partial charge in [-0.15, -0.1) is 0 Å². The summed E-state index contributed by atoms with van der Waals surface area (Å²) in [6.07, 6.45) is 4.97. The summed E-state index contributed by atoms with van der Waals surface area (Å²) in [6.45, 7) is 0.916. The van der Waals surface area contributed by atoms with Crippen LogP contribution in [0, 0.1) is 0 Å². The Kier molecular flexibility index (Phi) is 5.11. The highest BCUT2D eigenvalue weighted by Crippen LogP contribution is 2.19. The number of pyridine rings is 1. The highest BCUT2D eigenvalue weighted by Gasteiger charge is 1.99. The van der Waals surface area contributed by atoms with Crippen molar-refractivity contribution in [3.63, 3.8) is 0 Å². The zero-order valence-electron chi connectivity index (χ0n) is 8.09. The largest absolute Gasteiger partial charge is 0.396 e. The molecule has 0 bridgehead atoms. The Morgan fingerprint density at radius 1 is 1.64 bits per heavy atom. The molecule has 0 saturated heterocycles. The second kappa shape index (κ2) is 6.14. The van der Waals surface area contributed by atoms with Gasteiger partial charge in [0.1, 0.15) is 5.82 Å². The molecule has 0 aromatic carbocycles. The van der Waals surface area contributed by atoms with E-state index in [1.54, 1.807) is 6.20 Å². The maximum absolute atomic E-state index is 5.78. The maximum atomic E-state index is 5.78. The average molecular weight is 276 g/mol. The van der Waals surface area contributed by atoms with E-state index >= 15 is 0 Å². The third-order valence-electron chi connectivity index (χ3n) is 1.70. The molecule has 0 atom stereocenters. The summed E-state index contributed by atoms with van der Waals surface area (Å²) in [7, 11) is 0. The third kappa shape index (κ3) is 3.75. The molecule has 78 valence electrons. The van der Waals surface area contributed by atoms with Gasteiger partial charge in [-0.1, -0.05) is 0 Å². The number of anilines is 2. The van der Waals surface area contributed by atoms with Crippen LogP contribution in [-0.2, 0) is 0 Å². The second-order valence-corrected chi connectivity index (χ2v) is 4.77. The van der Waals surface area contributed by atoms with Crippen molar-refractivity contribution in [3.05, 3.63) is 16.7 Å². The number of aromatic nitrogens is 1. The fraction of sp³-hybridized carbons (Fsp3) is 0.444. The number of nitrogen functional groups attached to an aromatic ring is 1. The van der Waals surface area contributed by atoms with Gasteiger partial charge in [-0.3, -0.25) is 0 Å². The molecule has 1 heterocycles. The highest BCUT2D eigenvalue weighted by molar-refractivity contribution is 9.10. The van der Waals surface area contributed by atoms with Crippen molar-refractivity contribution in [1.82, 2.24) is 4.98 Å². The number of nitrogens with one attached hydrogen (secondary N) is 1. The monoisotopic (exact) mass is 275 g/mol. The summed E-state index contributed by atoms with van der Waals surface area (Å²) in [6, 6.07) is 1.85. The van der Waals surface area contributed by atoms with E-state index in [2.05, 4.69) is 32.5 Å². The minimum Gasteiger partial charge on any atom is -0.396 e. The molecule has 0 saturated carbocycles. The summed E-state index contributed by atoms with van der Waals surface area (Å²) >= 11 is 5.16. The Morgan fingerprint density at radius 2 is 2.43 bits per heavy atom. The summed E-state index contributed by atoms with van der Waals surface area (Å²) < 4.78 is 0.907. The van der Waals surface area contributed by atoms with Crippen molar-refractivity contribution >= 4 is 39.2 Å². The van der Waals surface area contributed by atoms with Crippen LogP contribution < -0.4 is 11.1 Å². The van der Waals surface area contributed by atoms with E-state index in [-0.39, 0.29) is 0 Å². The van der Waals surface area contributed by atoms with Gasteiger partial charge in [-0.25, -0.2) is 4.98 Å². The lowest BCUT2D eigenvalue weighted by atomic mass is 10.4. The van der Waals surface area contributed by atoms with Crippen LogP contribution in [0.1, 0.15) is 6.42 Å². The van der Waals surface area contributed by atoms with Crippen molar-refractivity contribution in [1.29, 1.82) is 0 Å². The van der Waals surface area contributed by atoms with E-state index in [0.717, 1.165) is 29.0 Å². The molecule has 1 aromatic heterocycles. The molecule has 14 heavy (non-hydrogen) atoms. The summed E-state index contributed by atoms with van der Waals surface area (Å²) in [5.41, 5.74) is 6.46. The van der Waals surface area contributed by atoms with Gasteiger partial charge >= 0.3 is 0 Å². The summed E-state index contributed by atoms with van der Waals surface area (Å²) in [5.74, 6) is 1.93. The molecule has 0 amide bonds. The minimum absolute atomic E-state index is 0.684. The predicted octanol–water partition coefficient (Wildman–Crippen LogP) is 2.59. The number of hydrogen-bond acceptors (Lipinski definition) is 4. The smallest absolute Gasteiger partial charge is 0.149 e. The van der Waals surface area contributed by atoms with Crippen molar-refractivity contribution < 1.29 is 0 Å². The van der Waals surface area contributed by atoms with Crippen LogP contribution in [0.3, 0.4) is 0 Å². The number of halogens is 1. The Labute approximate surface area is 97.0 Å². The molecule has 0 radical (unpaired) electrons. The van der Waals surface area contributed by atoms with Crippen LogP contribution in [-0.4, -0.2) is 23.5 Å². The fourth-order valence-electron chi connectivity index (χ4n) is 1.03. The van der Waals surface area contributed by atoms with Crippen molar-refractivity contribution in [2.24, 2.45) is 0 Å². The zero-order chi connectivity index (χ0) is 10.4. The maximum Gasteiger partial charge on any atom is 0.149 e. The van der Waals surface area contributed by atoms with Crippen LogP contribution in [0.2, 0.25) is 0 Å². The normalized spacial score (nSPS) is 10.1. The van der Waals surface area contributed by atoms with E-state index in [0.29, 0.717) is 5.69 Å². The Balaban J connectivity index is 2.42. The molecular weight excluding hydrogens is 262 g/mol. The highest BCUT2D eigenvalue weighted by atomic mass is 79.9. The lowest BCUT2D eigenvalue weighted by molar-refractivity contribution is 0.982. The van der Waals surface area contributed by atoms with E-state index in [1.165, 1.54) is 0 Å². The van der Waals surface area contributed by atoms with Crippen molar-refractivity contribution in [2.75, 3.05) is 29.6 Å². The van der Waals surface area contributed by atoms with Gasteiger partial charge in [0.2, 0.25) is 0 Å². The van der Waals surface area contributed by atoms with E-state index in [1.807, 2.05) is 17.8 Å². The first kappa shape index (κ1) is 11.7. The van der Waals surface area contributed by atoms with Crippen LogP contribution in [0.5, 0.6) is 0 Å². The van der Waals surface area contributed by atoms with Gasteiger partial charge in [0.15, 0.2) is 0 Å². The third-order valence-corrected chi connectivity index (χ3v) is 2.83. The van der Waals surface area contributed by atoms with Crippen molar-refractivity contribution in [3.8, 4) is 0 Å². The van der Waals surface area contributed by atoms with Crippen LogP contribution in [0.15, 0.2) is 16.7 Å². The lowest BCUT2D eigenvalue weighted by Crippen LogP contribution is -2.06. The standard InChI is InChI=1S/C9H14BrN3S/c1-14-4-2-3-12-9-8(11)5-7(10)6-13-9/h5-6H,2-4,11H2,1H3,(H,12,13). The molecule has 0 fully saturated rings. The van der Waals surface area contributed by atoms with Gasteiger partial charge in [-0.2, -0.15) is 11.8 Å². The molecule has 3 N–H and O–H groups in total.